The highest BCUT2D eigenvalue weighted by Crippen LogP contribution is 2.12. The zero-order valence-corrected chi connectivity index (χ0v) is 6.26. The fraction of sp³-hybridized carbons (Fsp3) is 0.500. The van der Waals surface area contributed by atoms with Gasteiger partial charge in [-0.05, 0) is 6.92 Å². The lowest BCUT2D eigenvalue weighted by atomic mass is 10.5. The number of anilines is 2. The third-order valence-electron chi connectivity index (χ3n) is 1.20. The Kier molecular flexibility index (Phi) is 1.80. The van der Waals surface area contributed by atoms with E-state index in [1.54, 1.807) is 10.9 Å². The molecule has 1 aromatic heterocycles. The first-order valence-corrected chi connectivity index (χ1v) is 3.27. The summed E-state index contributed by atoms with van der Waals surface area (Å²) in [5.41, 5.74) is 6.28. The zero-order valence-electron chi connectivity index (χ0n) is 6.26. The first-order valence-electron chi connectivity index (χ1n) is 3.27. The number of nitrogens with zero attached hydrogens (tertiary/aromatic N) is 2. The minimum absolute atomic E-state index is 0.698. The molecule has 4 nitrogen and oxygen atoms in total. The second-order valence-corrected chi connectivity index (χ2v) is 2.14. The molecule has 4 heteroatoms. The van der Waals surface area contributed by atoms with Crippen LogP contribution in [0.15, 0.2) is 6.20 Å². The largest absolute Gasteiger partial charge is 0.394 e. The maximum atomic E-state index is 5.58. The van der Waals surface area contributed by atoms with E-state index in [9.17, 15) is 0 Å². The fourth-order valence-corrected chi connectivity index (χ4v) is 0.812. The molecule has 0 bridgehead atoms. The topological polar surface area (TPSA) is 55.9 Å². The van der Waals surface area contributed by atoms with Gasteiger partial charge in [-0.15, -0.1) is 0 Å². The summed E-state index contributed by atoms with van der Waals surface area (Å²) in [6.07, 6.45) is 1.78. The number of nitrogens with one attached hydrogen (secondary N) is 1. The van der Waals surface area contributed by atoms with E-state index in [4.69, 9.17) is 5.73 Å². The van der Waals surface area contributed by atoms with E-state index in [0.717, 1.165) is 12.4 Å². The van der Waals surface area contributed by atoms with Gasteiger partial charge in [0.15, 0.2) is 5.82 Å². The highest BCUT2D eigenvalue weighted by molar-refractivity contribution is 5.59. The van der Waals surface area contributed by atoms with Crippen LogP contribution in [-0.4, -0.2) is 16.3 Å². The Labute approximate surface area is 60.0 Å². The van der Waals surface area contributed by atoms with Crippen molar-refractivity contribution >= 4 is 11.5 Å². The minimum Gasteiger partial charge on any atom is -0.394 e. The molecule has 0 amide bonds. The third kappa shape index (κ3) is 1.21. The second kappa shape index (κ2) is 2.60. The van der Waals surface area contributed by atoms with Crippen molar-refractivity contribution in [3.63, 3.8) is 0 Å². The van der Waals surface area contributed by atoms with E-state index < -0.39 is 0 Å². The summed E-state index contributed by atoms with van der Waals surface area (Å²) in [5.74, 6) is 0.769. The van der Waals surface area contributed by atoms with E-state index in [1.807, 2.05) is 14.0 Å². The molecule has 1 aromatic rings. The van der Waals surface area contributed by atoms with Gasteiger partial charge < -0.3 is 11.1 Å². The van der Waals surface area contributed by atoms with Crippen molar-refractivity contribution in [2.75, 3.05) is 17.6 Å². The summed E-state index contributed by atoms with van der Waals surface area (Å²) in [7, 11) is 1.84. The van der Waals surface area contributed by atoms with Gasteiger partial charge in [0.25, 0.3) is 0 Å². The van der Waals surface area contributed by atoms with Gasteiger partial charge in [0, 0.05) is 19.8 Å². The molecule has 1 rings (SSSR count). The monoisotopic (exact) mass is 140 g/mol. The summed E-state index contributed by atoms with van der Waals surface area (Å²) < 4.78 is 1.69. The van der Waals surface area contributed by atoms with E-state index in [1.165, 1.54) is 0 Å². The average molecular weight is 140 g/mol. The van der Waals surface area contributed by atoms with Crippen molar-refractivity contribution in [1.29, 1.82) is 0 Å². The van der Waals surface area contributed by atoms with Gasteiger partial charge in [0.2, 0.25) is 0 Å². The molecule has 0 unspecified atom stereocenters. The summed E-state index contributed by atoms with van der Waals surface area (Å²) in [6.45, 7) is 2.86. The van der Waals surface area contributed by atoms with Crippen LogP contribution in [0.5, 0.6) is 0 Å². The van der Waals surface area contributed by atoms with Crippen molar-refractivity contribution in [3.8, 4) is 0 Å². The van der Waals surface area contributed by atoms with Crippen LogP contribution in [0.3, 0.4) is 0 Å². The summed E-state index contributed by atoms with van der Waals surface area (Å²) >= 11 is 0. The molecular formula is C6H12N4. The Hall–Kier alpha value is -1.19. The first-order chi connectivity index (χ1) is 4.74. The lowest BCUT2D eigenvalue weighted by molar-refractivity contribution is 0.769. The molecule has 3 N–H and O–H groups in total. The van der Waals surface area contributed by atoms with Crippen LogP contribution in [-0.2, 0) is 7.05 Å². The van der Waals surface area contributed by atoms with Gasteiger partial charge in [-0.25, -0.2) is 0 Å². The van der Waals surface area contributed by atoms with E-state index in [-0.39, 0.29) is 0 Å². The number of rotatable bonds is 2. The molecule has 0 aromatic carbocycles. The van der Waals surface area contributed by atoms with Crippen LogP contribution < -0.4 is 11.1 Å². The Balaban J connectivity index is 2.81. The second-order valence-electron chi connectivity index (χ2n) is 2.14. The van der Waals surface area contributed by atoms with Gasteiger partial charge in [-0.1, -0.05) is 0 Å². The summed E-state index contributed by atoms with van der Waals surface area (Å²) in [4.78, 5) is 0. The van der Waals surface area contributed by atoms with Gasteiger partial charge in [0.05, 0.1) is 5.69 Å². The van der Waals surface area contributed by atoms with Crippen LogP contribution in [0.1, 0.15) is 6.92 Å². The molecule has 0 fully saturated rings. The minimum atomic E-state index is 0.698. The number of aromatic nitrogens is 2. The van der Waals surface area contributed by atoms with Crippen molar-refractivity contribution in [3.05, 3.63) is 6.20 Å². The van der Waals surface area contributed by atoms with Crippen LogP contribution >= 0.6 is 0 Å². The smallest absolute Gasteiger partial charge is 0.171 e. The van der Waals surface area contributed by atoms with Gasteiger partial charge in [0.1, 0.15) is 0 Å². The zero-order chi connectivity index (χ0) is 7.56. The molecule has 0 aliphatic rings. The van der Waals surface area contributed by atoms with Crippen LogP contribution in [0.2, 0.25) is 0 Å². The normalized spacial score (nSPS) is 9.80. The molecule has 10 heavy (non-hydrogen) atoms. The van der Waals surface area contributed by atoms with Crippen LogP contribution in [0.25, 0.3) is 0 Å². The van der Waals surface area contributed by atoms with E-state index >= 15 is 0 Å². The molecular weight excluding hydrogens is 128 g/mol. The fourth-order valence-electron chi connectivity index (χ4n) is 0.812. The summed E-state index contributed by atoms with van der Waals surface area (Å²) in [5, 5.41) is 7.12. The number of aryl methyl sites for hydroxylation is 1. The molecule has 1 heterocycles. The number of nitrogen functional groups attached to an aromatic ring is 1. The van der Waals surface area contributed by atoms with Gasteiger partial charge in [-0.3, -0.25) is 4.68 Å². The van der Waals surface area contributed by atoms with Crippen molar-refractivity contribution in [2.24, 2.45) is 7.05 Å². The molecule has 0 aliphatic heterocycles. The van der Waals surface area contributed by atoms with Crippen LogP contribution in [0.4, 0.5) is 11.5 Å². The SMILES string of the molecule is CCNc1nn(C)cc1N. The molecule has 56 valence electrons. The number of hydrogen-bond donors (Lipinski definition) is 2. The quantitative estimate of drug-likeness (QED) is 0.626. The lowest BCUT2D eigenvalue weighted by Crippen LogP contribution is -2.00. The maximum Gasteiger partial charge on any atom is 0.171 e. The molecule has 0 spiro atoms. The predicted octanol–water partition coefficient (Wildman–Crippen LogP) is 0.434. The summed E-state index contributed by atoms with van der Waals surface area (Å²) in [6, 6.07) is 0. The molecule has 0 atom stereocenters. The number of hydrogen-bond acceptors (Lipinski definition) is 3. The maximum absolute atomic E-state index is 5.58. The predicted molar refractivity (Wildman–Crippen MR) is 41.8 cm³/mol. The molecule has 0 aliphatic carbocycles. The van der Waals surface area contributed by atoms with Crippen LogP contribution in [0, 0.1) is 0 Å². The van der Waals surface area contributed by atoms with Gasteiger partial charge in [-0.2, -0.15) is 5.10 Å². The molecule has 0 saturated heterocycles. The highest BCUT2D eigenvalue weighted by atomic mass is 15.3. The van der Waals surface area contributed by atoms with Crippen molar-refractivity contribution < 1.29 is 0 Å². The van der Waals surface area contributed by atoms with Crippen molar-refractivity contribution in [2.45, 2.75) is 6.92 Å². The Morgan fingerprint density at radius 3 is 2.90 bits per heavy atom. The molecule has 0 radical (unpaired) electrons. The third-order valence-corrected chi connectivity index (χ3v) is 1.20. The van der Waals surface area contributed by atoms with E-state index in [0.29, 0.717) is 5.69 Å². The first kappa shape index (κ1) is 6.92. The average Bonchev–Trinajstić information content (AvgIpc) is 2.13. The Morgan fingerprint density at radius 1 is 1.80 bits per heavy atom. The Bertz CT molecular complexity index is 216. The molecule has 0 saturated carbocycles. The Morgan fingerprint density at radius 2 is 2.50 bits per heavy atom. The van der Waals surface area contributed by atoms with Crippen molar-refractivity contribution in [1.82, 2.24) is 9.78 Å². The van der Waals surface area contributed by atoms with Gasteiger partial charge >= 0.3 is 0 Å². The lowest BCUT2D eigenvalue weighted by Gasteiger charge is -1.96. The number of nitrogens with two attached hydrogens (primary N) is 1. The highest BCUT2D eigenvalue weighted by Gasteiger charge is 1.99. The standard InChI is InChI=1S/C6H12N4/c1-3-8-6-5(7)4-10(2)9-6/h4H,3,7H2,1-2H3,(H,8,9). The van der Waals surface area contributed by atoms with E-state index in [2.05, 4.69) is 10.4 Å².